The van der Waals surface area contributed by atoms with E-state index in [1.807, 2.05) is 70.1 Å². The summed E-state index contributed by atoms with van der Waals surface area (Å²) >= 11 is 0. The van der Waals surface area contributed by atoms with Gasteiger partial charge in [0, 0.05) is 25.6 Å². The molecule has 0 bridgehead atoms. The zero-order valence-electron chi connectivity index (χ0n) is 16.6. The fraction of sp³-hybridized carbons (Fsp3) is 0.304. The van der Waals surface area contributed by atoms with Crippen molar-refractivity contribution in [2.24, 2.45) is 5.92 Å². The summed E-state index contributed by atoms with van der Waals surface area (Å²) in [7, 11) is 0. The molecule has 2 aromatic carbocycles. The SMILES string of the molecule is O=C(NCc1ccccc1)c1nnc2n1CCN(C(=O)C1CC1)[C@H]2c1ccccc1. The Morgan fingerprint density at radius 2 is 1.63 bits per heavy atom. The number of carbonyl (C=O) groups excluding carboxylic acids is 2. The summed E-state index contributed by atoms with van der Waals surface area (Å²) in [4.78, 5) is 27.7. The van der Waals surface area contributed by atoms with E-state index in [2.05, 4.69) is 15.5 Å². The number of rotatable bonds is 5. The van der Waals surface area contributed by atoms with Crippen molar-refractivity contribution < 1.29 is 9.59 Å². The lowest BCUT2D eigenvalue weighted by molar-refractivity contribution is -0.135. The summed E-state index contributed by atoms with van der Waals surface area (Å²) in [5.74, 6) is 0.977. The molecule has 30 heavy (non-hydrogen) atoms. The van der Waals surface area contributed by atoms with Crippen LogP contribution in [0.3, 0.4) is 0 Å². The van der Waals surface area contributed by atoms with Crippen LogP contribution in [0, 0.1) is 5.92 Å². The van der Waals surface area contributed by atoms with Crippen LogP contribution in [0.15, 0.2) is 60.7 Å². The molecule has 0 spiro atoms. The second-order valence-electron chi connectivity index (χ2n) is 7.82. The van der Waals surface area contributed by atoms with Crippen LogP contribution in [0.4, 0.5) is 0 Å². The highest BCUT2D eigenvalue weighted by atomic mass is 16.2. The van der Waals surface area contributed by atoms with Gasteiger partial charge in [0.15, 0.2) is 5.82 Å². The molecule has 3 aromatic rings. The van der Waals surface area contributed by atoms with Crippen molar-refractivity contribution >= 4 is 11.8 Å². The third kappa shape index (κ3) is 3.47. The predicted octanol–water partition coefficient (Wildman–Crippen LogP) is 2.55. The first-order valence-electron chi connectivity index (χ1n) is 10.3. The Balaban J connectivity index is 1.43. The molecule has 2 aliphatic rings. The molecule has 1 aromatic heterocycles. The van der Waals surface area contributed by atoms with Gasteiger partial charge in [-0.15, -0.1) is 10.2 Å². The minimum absolute atomic E-state index is 0.124. The summed E-state index contributed by atoms with van der Waals surface area (Å²) in [6.45, 7) is 1.48. The second-order valence-corrected chi connectivity index (χ2v) is 7.82. The molecule has 152 valence electrons. The maximum atomic E-state index is 12.9. The predicted molar refractivity (Wildman–Crippen MR) is 110 cm³/mol. The third-order valence-corrected chi connectivity index (χ3v) is 5.72. The molecule has 2 heterocycles. The van der Waals surface area contributed by atoms with Gasteiger partial charge >= 0.3 is 0 Å². The van der Waals surface area contributed by atoms with Gasteiger partial charge in [-0.1, -0.05) is 60.7 Å². The smallest absolute Gasteiger partial charge is 0.289 e. The van der Waals surface area contributed by atoms with E-state index in [4.69, 9.17) is 0 Å². The highest BCUT2D eigenvalue weighted by Crippen LogP contribution is 2.38. The molecule has 1 fully saturated rings. The summed E-state index contributed by atoms with van der Waals surface area (Å²) in [5.41, 5.74) is 2.00. The lowest BCUT2D eigenvalue weighted by atomic mass is 10.0. The number of hydrogen-bond donors (Lipinski definition) is 1. The monoisotopic (exact) mass is 401 g/mol. The standard InChI is InChI=1S/C23H23N5O2/c29-22(24-15-16-7-3-1-4-8-16)21-26-25-20-19(17-9-5-2-6-10-17)27(13-14-28(20)21)23(30)18-11-12-18/h1-10,18-19H,11-15H2,(H,24,29)/t19-/m0/s1. The summed E-state index contributed by atoms with van der Waals surface area (Å²) in [6.07, 6.45) is 1.91. The molecule has 2 amide bonds. The lowest BCUT2D eigenvalue weighted by Gasteiger charge is -2.36. The van der Waals surface area contributed by atoms with Crippen molar-refractivity contribution in [1.82, 2.24) is 25.0 Å². The minimum Gasteiger partial charge on any atom is -0.345 e. The maximum Gasteiger partial charge on any atom is 0.289 e. The highest BCUT2D eigenvalue weighted by Gasteiger charge is 2.41. The molecule has 0 unspecified atom stereocenters. The van der Waals surface area contributed by atoms with E-state index in [9.17, 15) is 9.59 Å². The van der Waals surface area contributed by atoms with Crippen molar-refractivity contribution in [3.05, 3.63) is 83.4 Å². The maximum absolute atomic E-state index is 12.9. The van der Waals surface area contributed by atoms with E-state index in [-0.39, 0.29) is 23.8 Å². The van der Waals surface area contributed by atoms with Crippen LogP contribution in [0.25, 0.3) is 0 Å². The normalized spacial score (nSPS) is 18.0. The number of aromatic nitrogens is 3. The van der Waals surface area contributed by atoms with Crippen LogP contribution in [0.2, 0.25) is 0 Å². The number of benzene rings is 2. The molecular formula is C23H23N5O2. The average molecular weight is 401 g/mol. The van der Waals surface area contributed by atoms with Gasteiger partial charge in [0.25, 0.3) is 5.91 Å². The first-order chi connectivity index (χ1) is 14.7. The fourth-order valence-electron chi connectivity index (χ4n) is 4.01. The molecule has 0 radical (unpaired) electrons. The number of nitrogens with zero attached hydrogens (tertiary/aromatic N) is 4. The number of carbonyl (C=O) groups is 2. The minimum atomic E-state index is -0.323. The van der Waals surface area contributed by atoms with Gasteiger partial charge < -0.3 is 14.8 Å². The van der Waals surface area contributed by atoms with Crippen LogP contribution >= 0.6 is 0 Å². The largest absolute Gasteiger partial charge is 0.345 e. The Bertz CT molecular complexity index is 1060. The molecule has 7 heteroatoms. The summed E-state index contributed by atoms with van der Waals surface area (Å²) in [5, 5.41) is 11.5. The van der Waals surface area contributed by atoms with Crippen molar-refractivity contribution in [2.75, 3.05) is 6.54 Å². The van der Waals surface area contributed by atoms with Gasteiger partial charge in [-0.3, -0.25) is 9.59 Å². The van der Waals surface area contributed by atoms with Crippen LogP contribution in [-0.2, 0) is 17.9 Å². The molecule has 0 saturated heterocycles. The average Bonchev–Trinajstić information content (AvgIpc) is 3.56. The Labute approximate surface area is 174 Å². The zero-order chi connectivity index (χ0) is 20.5. The molecule has 1 saturated carbocycles. The lowest BCUT2D eigenvalue weighted by Crippen LogP contribution is -2.44. The van der Waals surface area contributed by atoms with E-state index in [0.29, 0.717) is 31.3 Å². The van der Waals surface area contributed by atoms with Crippen LogP contribution in [-0.4, -0.2) is 38.0 Å². The van der Waals surface area contributed by atoms with Crippen molar-refractivity contribution in [3.63, 3.8) is 0 Å². The van der Waals surface area contributed by atoms with Crippen LogP contribution in [0.1, 0.15) is 46.5 Å². The quantitative estimate of drug-likeness (QED) is 0.713. The number of fused-ring (bicyclic) bond motifs is 1. The van der Waals surface area contributed by atoms with E-state index in [0.717, 1.165) is 24.0 Å². The molecule has 1 N–H and O–H groups in total. The number of nitrogens with one attached hydrogen (secondary N) is 1. The molecule has 7 nitrogen and oxygen atoms in total. The fourth-order valence-corrected chi connectivity index (χ4v) is 4.01. The Morgan fingerprint density at radius 3 is 2.33 bits per heavy atom. The zero-order valence-corrected chi connectivity index (χ0v) is 16.6. The van der Waals surface area contributed by atoms with Gasteiger partial charge in [-0.25, -0.2) is 0 Å². The summed E-state index contributed by atoms with van der Waals surface area (Å²) in [6, 6.07) is 19.3. The van der Waals surface area contributed by atoms with Crippen LogP contribution < -0.4 is 5.32 Å². The van der Waals surface area contributed by atoms with Gasteiger partial charge in [-0.2, -0.15) is 0 Å². The molecule has 1 atom stereocenters. The van der Waals surface area contributed by atoms with Crippen molar-refractivity contribution in [1.29, 1.82) is 0 Å². The molecule has 1 aliphatic carbocycles. The van der Waals surface area contributed by atoms with Crippen LogP contribution in [0.5, 0.6) is 0 Å². The van der Waals surface area contributed by atoms with Gasteiger partial charge in [0.1, 0.15) is 6.04 Å². The highest BCUT2D eigenvalue weighted by molar-refractivity contribution is 5.90. The number of hydrogen-bond acceptors (Lipinski definition) is 4. The molecule has 5 rings (SSSR count). The molecule has 1 aliphatic heterocycles. The third-order valence-electron chi connectivity index (χ3n) is 5.72. The van der Waals surface area contributed by atoms with E-state index in [1.165, 1.54) is 0 Å². The second kappa shape index (κ2) is 7.74. The van der Waals surface area contributed by atoms with E-state index >= 15 is 0 Å². The van der Waals surface area contributed by atoms with Gasteiger partial charge in [-0.05, 0) is 24.0 Å². The van der Waals surface area contributed by atoms with Crippen molar-refractivity contribution in [3.8, 4) is 0 Å². The summed E-state index contributed by atoms with van der Waals surface area (Å²) < 4.78 is 1.86. The van der Waals surface area contributed by atoms with Gasteiger partial charge in [0.05, 0.1) is 0 Å². The molecular weight excluding hydrogens is 378 g/mol. The Morgan fingerprint density at radius 1 is 0.933 bits per heavy atom. The first-order valence-corrected chi connectivity index (χ1v) is 10.3. The Kier molecular flexibility index (Phi) is 4.78. The number of amides is 2. The van der Waals surface area contributed by atoms with E-state index in [1.54, 1.807) is 0 Å². The van der Waals surface area contributed by atoms with Gasteiger partial charge in [0.2, 0.25) is 11.7 Å². The van der Waals surface area contributed by atoms with E-state index < -0.39 is 0 Å². The van der Waals surface area contributed by atoms with Crippen molar-refractivity contribution in [2.45, 2.75) is 32.0 Å². The topological polar surface area (TPSA) is 80.1 Å². The first kappa shape index (κ1) is 18.5. The Hall–Kier alpha value is -3.48.